The van der Waals surface area contributed by atoms with Gasteiger partial charge in [0.15, 0.2) is 0 Å². The van der Waals surface area contributed by atoms with E-state index in [4.69, 9.17) is 4.74 Å². The Bertz CT molecular complexity index is 562. The van der Waals surface area contributed by atoms with Gasteiger partial charge in [-0.2, -0.15) is 0 Å². The van der Waals surface area contributed by atoms with E-state index in [0.717, 1.165) is 5.52 Å². The van der Waals surface area contributed by atoms with Gasteiger partial charge >= 0.3 is 111 Å². The van der Waals surface area contributed by atoms with E-state index in [2.05, 4.69) is 0 Å². The molecule has 0 atom stereocenters. The first-order chi connectivity index (χ1) is 8.43. The number of benzene rings is 1. The van der Waals surface area contributed by atoms with Gasteiger partial charge in [0, 0.05) is 0 Å². The molecule has 0 aliphatic rings. The molecule has 1 heterocycles. The van der Waals surface area contributed by atoms with E-state index in [1.807, 2.05) is 21.4 Å². The Morgan fingerprint density at radius 3 is 2.67 bits per heavy atom. The number of fused-ring (bicyclic) bond motifs is 1. The quantitative estimate of drug-likeness (QED) is 0.791. The van der Waals surface area contributed by atoms with Crippen LogP contribution in [0.4, 0.5) is 13.2 Å². The second kappa shape index (κ2) is 4.98. The predicted octanol–water partition coefficient (Wildman–Crippen LogP) is 2.10. The van der Waals surface area contributed by atoms with Gasteiger partial charge in [-0.3, -0.25) is 0 Å². The van der Waals surface area contributed by atoms with Crippen molar-refractivity contribution in [2.24, 2.45) is 0 Å². The number of alkyl halides is 3. The van der Waals surface area contributed by atoms with E-state index >= 15 is 0 Å². The second-order valence-corrected chi connectivity index (χ2v) is 4.94. The Kier molecular flexibility index (Phi) is 3.73. The van der Waals surface area contributed by atoms with Crippen molar-refractivity contribution in [2.75, 3.05) is 13.7 Å². The summed E-state index contributed by atoms with van der Waals surface area (Å²) in [5.74, 6) is 0. The number of hydrogen-bond acceptors (Lipinski definition) is 1. The summed E-state index contributed by atoms with van der Waals surface area (Å²) in [7, 11) is 1.59. The van der Waals surface area contributed by atoms with Crippen LogP contribution in [0.2, 0.25) is 0 Å². The molecule has 2 rings (SSSR count). The number of methoxy groups -OCH3 is 1. The summed E-state index contributed by atoms with van der Waals surface area (Å²) in [5, 5.41) is 0.591. The zero-order valence-corrected chi connectivity index (χ0v) is 11.5. The third-order valence-electron chi connectivity index (χ3n) is 2.73. The van der Waals surface area contributed by atoms with Crippen molar-refractivity contribution >= 4 is 32.1 Å². The van der Waals surface area contributed by atoms with Gasteiger partial charge in [-0.05, 0) is 0 Å². The molecule has 18 heavy (non-hydrogen) atoms. The molecule has 0 aliphatic heterocycles. The van der Waals surface area contributed by atoms with Crippen molar-refractivity contribution in [3.05, 3.63) is 30.0 Å². The van der Waals surface area contributed by atoms with Crippen molar-refractivity contribution in [3.63, 3.8) is 0 Å². The summed E-state index contributed by atoms with van der Waals surface area (Å²) < 4.78 is 45.3. The molecule has 0 saturated heterocycles. The van der Waals surface area contributed by atoms with Gasteiger partial charge in [-0.25, -0.2) is 0 Å². The third-order valence-corrected chi connectivity index (χ3v) is 3.51. The topological polar surface area (TPSA) is 14.2 Å². The van der Waals surface area contributed by atoms with Crippen LogP contribution in [-0.4, -0.2) is 35.1 Å². The number of hydrogen-bond donors (Lipinski definition) is 0. The fourth-order valence-corrected chi connectivity index (χ4v) is 2.50. The molecule has 0 saturated carbocycles. The van der Waals surface area contributed by atoms with Crippen LogP contribution in [0.15, 0.2) is 24.4 Å². The van der Waals surface area contributed by atoms with Gasteiger partial charge in [0.05, 0.1) is 0 Å². The molecule has 0 aliphatic carbocycles. The second-order valence-electron chi connectivity index (χ2n) is 3.93. The van der Waals surface area contributed by atoms with Crippen molar-refractivity contribution in [1.29, 1.82) is 0 Å². The summed E-state index contributed by atoms with van der Waals surface area (Å²) in [5.41, 5.74) is 0.190. The van der Waals surface area contributed by atoms with Crippen LogP contribution in [0, 0.1) is 0 Å². The maximum absolute atomic E-state index is 12.7. The van der Waals surface area contributed by atoms with E-state index in [9.17, 15) is 13.2 Å². The Morgan fingerprint density at radius 1 is 1.33 bits per heavy atom. The van der Waals surface area contributed by atoms with Crippen molar-refractivity contribution in [1.82, 2.24) is 4.57 Å². The van der Waals surface area contributed by atoms with Gasteiger partial charge in [-0.1, -0.05) is 0 Å². The van der Waals surface area contributed by atoms with Crippen LogP contribution in [0.3, 0.4) is 0 Å². The average Bonchev–Trinajstić information content (AvgIpc) is 2.66. The van der Waals surface area contributed by atoms with E-state index in [1.54, 1.807) is 25.4 Å². The van der Waals surface area contributed by atoms with Gasteiger partial charge < -0.3 is 0 Å². The predicted molar refractivity (Wildman–Crippen MR) is 64.2 cm³/mol. The fourth-order valence-electron chi connectivity index (χ4n) is 1.84. The van der Waals surface area contributed by atoms with E-state index < -0.39 is 11.7 Å². The molecule has 0 amide bonds. The summed E-state index contributed by atoms with van der Waals surface area (Å²) in [6, 6.07) is 4.42. The number of aromatic nitrogens is 1. The standard InChI is InChI=1S/C12H11AsF3NO/c1-18-5-4-17-3-2-8-6-9(12(14,15)16)10(13)7-11(8)17/h2-3,6-7H,4-5H2,1H3. The Hall–Kier alpha value is -0.932. The van der Waals surface area contributed by atoms with Crippen molar-refractivity contribution in [3.8, 4) is 0 Å². The molecular weight excluding hydrogens is 306 g/mol. The maximum atomic E-state index is 12.7. The molecule has 2 nitrogen and oxygen atoms in total. The number of nitrogens with zero attached hydrogens (tertiary/aromatic N) is 1. The summed E-state index contributed by atoms with van der Waals surface area (Å²) in [4.78, 5) is 0. The summed E-state index contributed by atoms with van der Waals surface area (Å²) in [6.45, 7) is 1.15. The average molecular weight is 317 g/mol. The third kappa shape index (κ3) is 2.57. The van der Waals surface area contributed by atoms with Crippen molar-refractivity contribution in [2.45, 2.75) is 12.7 Å². The van der Waals surface area contributed by atoms with Crippen LogP contribution in [0.5, 0.6) is 0 Å². The molecule has 0 unspecified atom stereocenters. The minimum atomic E-state index is -4.31. The molecule has 2 radical (unpaired) electrons. The summed E-state index contributed by atoms with van der Waals surface area (Å²) >= 11 is 1.98. The molecular formula is C12H11AsF3NO. The number of rotatable bonds is 3. The van der Waals surface area contributed by atoms with Crippen LogP contribution in [0.25, 0.3) is 10.9 Å². The number of halogens is 3. The van der Waals surface area contributed by atoms with Crippen LogP contribution < -0.4 is 4.35 Å². The first-order valence-electron chi connectivity index (χ1n) is 5.31. The van der Waals surface area contributed by atoms with Gasteiger partial charge in [-0.15, -0.1) is 0 Å². The number of ether oxygens (including phenoxy) is 1. The monoisotopic (exact) mass is 317 g/mol. The van der Waals surface area contributed by atoms with Gasteiger partial charge in [0.25, 0.3) is 0 Å². The van der Waals surface area contributed by atoms with E-state index in [0.29, 0.717) is 18.5 Å². The Balaban J connectivity index is 2.49. The first-order valence-corrected chi connectivity index (χ1v) is 6.25. The van der Waals surface area contributed by atoms with Crippen LogP contribution in [-0.2, 0) is 17.5 Å². The molecule has 0 fully saturated rings. The Morgan fingerprint density at radius 2 is 2.06 bits per heavy atom. The zero-order chi connectivity index (χ0) is 13.3. The first kappa shape index (κ1) is 13.5. The van der Waals surface area contributed by atoms with Gasteiger partial charge in [0.1, 0.15) is 0 Å². The van der Waals surface area contributed by atoms with Crippen LogP contribution >= 0.6 is 0 Å². The van der Waals surface area contributed by atoms with E-state index in [1.165, 1.54) is 6.07 Å². The zero-order valence-electron chi connectivity index (χ0n) is 9.66. The van der Waals surface area contributed by atoms with Crippen molar-refractivity contribution < 1.29 is 17.9 Å². The molecule has 6 heteroatoms. The fraction of sp³-hybridized carbons (Fsp3) is 0.333. The normalized spacial score (nSPS) is 12.3. The minimum absolute atomic E-state index is 0.180. The van der Waals surface area contributed by atoms with Crippen LogP contribution in [0.1, 0.15) is 5.56 Å². The van der Waals surface area contributed by atoms with E-state index in [-0.39, 0.29) is 4.35 Å². The molecule has 2 aromatic rings. The molecule has 96 valence electrons. The SMILES string of the molecule is COCCn1ccc2cc(C(F)(F)F)c([As])cc21. The molecule has 1 aromatic heterocycles. The molecule has 0 N–H and O–H groups in total. The molecule has 0 bridgehead atoms. The van der Waals surface area contributed by atoms with Gasteiger partial charge in [0.2, 0.25) is 0 Å². The molecule has 1 aromatic carbocycles. The Labute approximate surface area is 111 Å². The summed E-state index contributed by atoms with van der Waals surface area (Å²) in [6.07, 6.45) is -2.54. The molecule has 0 spiro atoms.